The van der Waals surface area contributed by atoms with Crippen LogP contribution in [0.2, 0.25) is 0 Å². The van der Waals surface area contributed by atoms with Crippen molar-refractivity contribution in [3.8, 4) is 34.3 Å². The predicted octanol–water partition coefficient (Wildman–Crippen LogP) is 2.71. The number of fused-ring (bicyclic) bond motifs is 5. The Labute approximate surface area is 217 Å². The van der Waals surface area contributed by atoms with Crippen LogP contribution in [0.25, 0.3) is 22.0 Å². The van der Waals surface area contributed by atoms with Gasteiger partial charge >= 0.3 is 6.18 Å². The van der Waals surface area contributed by atoms with Crippen molar-refractivity contribution >= 4 is 10.8 Å². The highest BCUT2D eigenvalue weighted by molar-refractivity contribution is 5.95. The van der Waals surface area contributed by atoms with Crippen molar-refractivity contribution < 1.29 is 49.1 Å². The molecular formula is C28H23ClF3NO4. The summed E-state index contributed by atoms with van der Waals surface area (Å²) in [5.41, 5.74) is 4.30. The van der Waals surface area contributed by atoms with Gasteiger partial charge in [0.05, 0.1) is 30.7 Å². The van der Waals surface area contributed by atoms with Crippen molar-refractivity contribution in [1.82, 2.24) is 0 Å². The van der Waals surface area contributed by atoms with Gasteiger partial charge in [-0.3, -0.25) is 0 Å². The molecule has 0 atom stereocenters. The lowest BCUT2D eigenvalue weighted by Crippen LogP contribution is -3.00. The summed E-state index contributed by atoms with van der Waals surface area (Å²) < 4.78 is 64.2. The summed E-state index contributed by atoms with van der Waals surface area (Å²) in [6, 6.07) is 13.2. The summed E-state index contributed by atoms with van der Waals surface area (Å²) >= 11 is 0. The van der Waals surface area contributed by atoms with E-state index in [2.05, 4.69) is 10.8 Å². The first-order valence-electron chi connectivity index (χ1n) is 11.6. The number of hydrogen-bond donors (Lipinski definition) is 0. The Balaban J connectivity index is 0.00000280. The highest BCUT2D eigenvalue weighted by Crippen LogP contribution is 2.44. The van der Waals surface area contributed by atoms with Crippen molar-refractivity contribution in [2.75, 3.05) is 21.0 Å². The summed E-state index contributed by atoms with van der Waals surface area (Å²) in [6.07, 6.45) is -1.07. The lowest BCUT2D eigenvalue weighted by Gasteiger charge is -2.21. The number of alkyl halides is 3. The van der Waals surface area contributed by atoms with Crippen LogP contribution in [0.1, 0.15) is 22.3 Å². The summed E-state index contributed by atoms with van der Waals surface area (Å²) in [5, 5.41) is 1.83. The van der Waals surface area contributed by atoms with Crippen molar-refractivity contribution in [1.29, 1.82) is 0 Å². The Hall–Kier alpha value is -3.65. The fourth-order valence-electron chi connectivity index (χ4n) is 5.20. The maximum absolute atomic E-state index is 13.2. The number of ether oxygens (including phenoxy) is 4. The van der Waals surface area contributed by atoms with E-state index in [0.717, 1.165) is 69.6 Å². The number of benzene rings is 3. The Bertz CT molecular complexity index is 1500. The Kier molecular flexibility index (Phi) is 6.31. The molecule has 3 aromatic carbocycles. The molecule has 0 unspecified atom stereocenters. The van der Waals surface area contributed by atoms with Crippen molar-refractivity contribution in [3.05, 3.63) is 77.0 Å². The van der Waals surface area contributed by atoms with Crippen LogP contribution < -0.4 is 35.9 Å². The van der Waals surface area contributed by atoms with Gasteiger partial charge in [-0.25, -0.2) is 0 Å². The molecule has 0 saturated heterocycles. The number of methoxy groups -OCH3 is 2. The van der Waals surface area contributed by atoms with Gasteiger partial charge in [0.25, 0.3) is 0 Å². The topological polar surface area (TPSA) is 40.8 Å². The number of halogens is 4. The van der Waals surface area contributed by atoms with Gasteiger partial charge in [-0.05, 0) is 47.5 Å². The first-order valence-corrected chi connectivity index (χ1v) is 11.6. The second kappa shape index (κ2) is 9.34. The fourth-order valence-corrected chi connectivity index (χ4v) is 5.20. The van der Waals surface area contributed by atoms with Crippen LogP contribution in [-0.2, 0) is 25.6 Å². The number of aromatic nitrogens is 1. The largest absolute Gasteiger partial charge is 1.00 e. The molecule has 5 nitrogen and oxygen atoms in total. The molecule has 1 aromatic heterocycles. The maximum Gasteiger partial charge on any atom is 0.416 e. The van der Waals surface area contributed by atoms with Gasteiger partial charge in [-0.2, -0.15) is 17.7 Å². The molecule has 192 valence electrons. The number of nitrogens with zero attached hydrogens (tertiary/aromatic N) is 1. The molecule has 4 aromatic rings. The van der Waals surface area contributed by atoms with Crippen molar-refractivity contribution in [2.24, 2.45) is 0 Å². The number of hydrogen-bond acceptors (Lipinski definition) is 4. The van der Waals surface area contributed by atoms with E-state index < -0.39 is 11.7 Å². The SMILES string of the molecule is COc1ccc2c(Cc3ccc(C(F)(F)F)cc3)c3[n+](cc2c1OC)CCc1cc2c(cc1-3)OCO2.[Cl-]. The van der Waals surface area contributed by atoms with Crippen LogP contribution in [-0.4, -0.2) is 21.0 Å². The average molecular weight is 530 g/mol. The third-order valence-corrected chi connectivity index (χ3v) is 6.90. The minimum Gasteiger partial charge on any atom is -1.00 e. The third kappa shape index (κ3) is 4.19. The number of aryl methyl sites for hydroxylation is 2. The van der Waals surface area contributed by atoms with E-state index in [1.165, 1.54) is 0 Å². The number of rotatable bonds is 4. The predicted molar refractivity (Wildman–Crippen MR) is 127 cm³/mol. The molecule has 0 saturated carbocycles. The normalized spacial score (nSPS) is 13.5. The molecule has 9 heteroatoms. The van der Waals surface area contributed by atoms with Crippen molar-refractivity contribution in [2.45, 2.75) is 25.6 Å². The highest BCUT2D eigenvalue weighted by Gasteiger charge is 2.33. The van der Waals surface area contributed by atoms with Crippen LogP contribution in [0.4, 0.5) is 13.2 Å². The molecule has 3 heterocycles. The van der Waals surface area contributed by atoms with Crippen LogP contribution in [0.3, 0.4) is 0 Å². The van der Waals surface area contributed by atoms with E-state index in [1.807, 2.05) is 24.3 Å². The van der Waals surface area contributed by atoms with Crippen molar-refractivity contribution in [3.63, 3.8) is 0 Å². The van der Waals surface area contributed by atoms with E-state index in [4.69, 9.17) is 18.9 Å². The lowest BCUT2D eigenvalue weighted by atomic mass is 9.88. The highest BCUT2D eigenvalue weighted by atomic mass is 35.5. The standard InChI is InChI=1S/C28H23F3NO4.ClH/c1-33-23-8-7-19-21(11-16-3-5-18(6-4-16)28(29,30)31)26-20-13-25-24(35-15-36-25)12-17(20)9-10-32(26)14-22(19)27(23)34-2;/h3-8,12-14H,9-11,15H2,1-2H3;1H/q+1;/p-1. The van der Waals surface area contributed by atoms with E-state index in [-0.39, 0.29) is 19.2 Å². The van der Waals surface area contributed by atoms with E-state index in [1.54, 1.807) is 26.4 Å². The summed E-state index contributed by atoms with van der Waals surface area (Å²) in [7, 11) is 3.20. The first-order chi connectivity index (χ1) is 17.4. The summed E-state index contributed by atoms with van der Waals surface area (Å²) in [5.74, 6) is 2.66. The molecule has 0 spiro atoms. The van der Waals surface area contributed by atoms with Gasteiger partial charge in [0, 0.05) is 23.8 Å². The zero-order valence-corrected chi connectivity index (χ0v) is 20.9. The zero-order valence-electron chi connectivity index (χ0n) is 20.1. The monoisotopic (exact) mass is 529 g/mol. The molecule has 0 amide bonds. The van der Waals surface area contributed by atoms with Crippen LogP contribution >= 0.6 is 0 Å². The minimum absolute atomic E-state index is 0. The molecule has 37 heavy (non-hydrogen) atoms. The van der Waals surface area contributed by atoms with Gasteiger partial charge in [0.2, 0.25) is 12.5 Å². The van der Waals surface area contributed by atoms with Gasteiger partial charge in [-0.1, -0.05) is 12.1 Å². The fraction of sp³-hybridized carbons (Fsp3) is 0.250. The number of pyridine rings is 1. The van der Waals surface area contributed by atoms with E-state index in [0.29, 0.717) is 23.7 Å². The molecule has 6 rings (SSSR count). The molecule has 0 fully saturated rings. The molecule has 2 aliphatic heterocycles. The molecule has 0 N–H and O–H groups in total. The Morgan fingerprint density at radius 2 is 1.65 bits per heavy atom. The summed E-state index contributed by atoms with van der Waals surface area (Å²) in [6.45, 7) is 0.920. The smallest absolute Gasteiger partial charge is 0.416 e. The summed E-state index contributed by atoms with van der Waals surface area (Å²) in [4.78, 5) is 0. The van der Waals surface area contributed by atoms with Crippen LogP contribution in [0.15, 0.2) is 54.7 Å². The van der Waals surface area contributed by atoms with Gasteiger partial charge in [0.1, 0.15) is 0 Å². The first kappa shape index (κ1) is 25.0. The molecule has 0 radical (unpaired) electrons. The molecule has 0 bridgehead atoms. The lowest BCUT2D eigenvalue weighted by molar-refractivity contribution is -0.686. The minimum atomic E-state index is -4.38. The van der Waals surface area contributed by atoms with Gasteiger partial charge < -0.3 is 31.4 Å². The molecular weight excluding hydrogens is 507 g/mol. The second-order valence-electron chi connectivity index (χ2n) is 8.90. The Morgan fingerprint density at radius 3 is 2.32 bits per heavy atom. The Morgan fingerprint density at radius 1 is 0.919 bits per heavy atom. The van der Waals surface area contributed by atoms with Gasteiger partial charge in [-0.15, -0.1) is 0 Å². The molecule has 0 aliphatic carbocycles. The average Bonchev–Trinajstić information content (AvgIpc) is 3.33. The van der Waals surface area contributed by atoms with E-state index >= 15 is 0 Å². The van der Waals surface area contributed by atoms with Crippen LogP contribution in [0.5, 0.6) is 23.0 Å². The van der Waals surface area contributed by atoms with Crippen LogP contribution in [0, 0.1) is 0 Å². The third-order valence-electron chi connectivity index (χ3n) is 6.90. The van der Waals surface area contributed by atoms with Gasteiger partial charge in [0.15, 0.2) is 35.7 Å². The zero-order chi connectivity index (χ0) is 25.0. The molecule has 2 aliphatic rings. The van der Waals surface area contributed by atoms with E-state index in [9.17, 15) is 13.2 Å². The quantitative estimate of drug-likeness (QED) is 0.381. The maximum atomic E-state index is 13.2. The second-order valence-corrected chi connectivity index (χ2v) is 8.90.